The van der Waals surface area contributed by atoms with Crippen molar-refractivity contribution in [1.82, 2.24) is 18.3 Å². The first-order valence-corrected chi connectivity index (χ1v) is 29.3. The molecule has 402 valence electrons. The minimum absolute atomic E-state index is 0.223. The number of aromatic nitrogens is 4. The van der Waals surface area contributed by atoms with Gasteiger partial charge in [0.2, 0.25) is 5.69 Å². The van der Waals surface area contributed by atoms with Crippen LogP contribution in [0.4, 0.5) is 5.69 Å². The summed E-state index contributed by atoms with van der Waals surface area (Å²) < 4.78 is 16.0. The van der Waals surface area contributed by atoms with Crippen LogP contribution >= 0.6 is 0 Å². The molecule has 0 spiro atoms. The Morgan fingerprint density at radius 1 is 0.287 bits per heavy atom. The number of benzene rings is 13. The Labute approximate surface area is 498 Å². The van der Waals surface area contributed by atoms with Gasteiger partial charge < -0.3 is 22.7 Å². The maximum atomic E-state index is 12.6. The highest BCUT2D eigenvalue weighted by Gasteiger charge is 2.35. The summed E-state index contributed by atoms with van der Waals surface area (Å²) in [4.78, 5) is 4.72. The van der Waals surface area contributed by atoms with Gasteiger partial charge in [-0.15, -0.1) is 0 Å². The summed E-state index contributed by atoms with van der Waals surface area (Å²) in [6.45, 7) is 9.83. The molecule has 0 bridgehead atoms. The van der Waals surface area contributed by atoms with Crippen molar-refractivity contribution in [3.05, 3.63) is 296 Å². The Kier molecular flexibility index (Phi) is 10.4. The van der Waals surface area contributed by atoms with Gasteiger partial charge in [-0.3, -0.25) is 0 Å². The van der Waals surface area contributed by atoms with E-state index in [9.17, 15) is 11.8 Å². The van der Waals surface area contributed by atoms with Crippen molar-refractivity contribution in [1.29, 1.82) is 5.26 Å². The van der Waals surface area contributed by atoms with E-state index in [1.165, 1.54) is 0 Å². The number of para-hydroxylation sites is 5. The smallest absolute Gasteiger partial charge is 0.232 e. The summed E-state index contributed by atoms with van der Waals surface area (Å²) >= 11 is 0. The van der Waals surface area contributed by atoms with Crippen molar-refractivity contribution in [2.45, 2.75) is 0 Å². The molecule has 0 fully saturated rings. The molecule has 7 heteroatoms. The van der Waals surface area contributed by atoms with Gasteiger partial charge in [0.05, 0.1) is 85.1 Å². The Bertz CT molecular complexity index is 6020. The van der Waals surface area contributed by atoms with E-state index in [1.54, 1.807) is 0 Å². The fourth-order valence-corrected chi connectivity index (χ4v) is 14.3. The van der Waals surface area contributed by atoms with Crippen molar-refractivity contribution in [2.75, 3.05) is 0 Å². The molecule has 18 aromatic rings. The molecule has 5 aromatic heterocycles. The Morgan fingerprint density at radius 2 is 0.644 bits per heavy atom. The van der Waals surface area contributed by atoms with Gasteiger partial charge in [-0.1, -0.05) is 200 Å². The van der Waals surface area contributed by atoms with E-state index in [-0.39, 0.29) is 11.3 Å². The van der Waals surface area contributed by atoms with Crippen molar-refractivity contribution in [2.24, 2.45) is 0 Å². The average Bonchev–Trinajstić information content (AvgIpc) is 1.60. The highest BCUT2D eigenvalue weighted by Crippen LogP contribution is 2.53. The SMILES string of the molecule is [C-]#[N+]c1c(C#N)c(-n2c3ccccc3c3c4c(ccc32)oc2ccccc24)c(-n2c3ccccc3c3cc(-c4ccccc4)ccc32)c(-n2c3ccccc3c3cc(-c4ccccc4)ccc32)c1-n1c2ccccc2c2cc(-c3ccccc3)ccc21. The first kappa shape index (κ1) is 48.4. The molecule has 13 aromatic carbocycles. The number of nitriles is 1. The molecule has 87 heavy (non-hydrogen) atoms. The highest BCUT2D eigenvalue weighted by atomic mass is 16.3. The van der Waals surface area contributed by atoms with Crippen LogP contribution in [0.1, 0.15) is 5.56 Å². The van der Waals surface area contributed by atoms with Gasteiger partial charge in [-0.05, 0) is 112 Å². The summed E-state index contributed by atoms with van der Waals surface area (Å²) in [5.74, 6) is 0. The fraction of sp³-hybridized carbons (Fsp3) is 0. The van der Waals surface area contributed by atoms with Gasteiger partial charge in [0.25, 0.3) is 0 Å². The third kappa shape index (κ3) is 6.91. The van der Waals surface area contributed by atoms with Gasteiger partial charge in [0.1, 0.15) is 11.2 Å². The fourth-order valence-electron chi connectivity index (χ4n) is 14.3. The van der Waals surface area contributed by atoms with Crippen LogP contribution in [0, 0.1) is 17.9 Å². The Hall–Kier alpha value is -12.2. The first-order valence-electron chi connectivity index (χ1n) is 29.3. The van der Waals surface area contributed by atoms with E-state index in [2.05, 4.69) is 285 Å². The lowest BCUT2D eigenvalue weighted by Crippen LogP contribution is -2.15. The second-order valence-corrected chi connectivity index (χ2v) is 22.5. The number of hydrogen-bond donors (Lipinski definition) is 0. The molecule has 0 aliphatic rings. The zero-order valence-electron chi connectivity index (χ0n) is 46.6. The molecule has 5 heterocycles. The number of fused-ring (bicyclic) bond motifs is 16. The topological polar surface area (TPSA) is 61.0 Å². The van der Waals surface area contributed by atoms with Gasteiger partial charge in [-0.25, -0.2) is 4.85 Å². The molecule has 0 saturated heterocycles. The number of rotatable bonds is 7. The maximum Gasteiger partial charge on any atom is 0.232 e. The van der Waals surface area contributed by atoms with Crippen molar-refractivity contribution < 1.29 is 4.42 Å². The van der Waals surface area contributed by atoms with Gasteiger partial charge >= 0.3 is 0 Å². The molecular formula is C80H46N6O. The summed E-state index contributed by atoms with van der Waals surface area (Å²) in [6.07, 6.45) is 0. The molecule has 0 aliphatic heterocycles. The predicted octanol–water partition coefficient (Wildman–Crippen LogP) is 21.4. The van der Waals surface area contributed by atoms with Crippen LogP contribution in [0.15, 0.2) is 283 Å². The highest BCUT2D eigenvalue weighted by molar-refractivity contribution is 6.28. The quantitative estimate of drug-likeness (QED) is 0.149. The molecule has 0 unspecified atom stereocenters. The zero-order chi connectivity index (χ0) is 57.4. The molecule has 0 saturated carbocycles. The van der Waals surface area contributed by atoms with Crippen LogP contribution in [-0.2, 0) is 0 Å². The molecule has 0 atom stereocenters. The van der Waals surface area contributed by atoms with E-state index in [0.717, 1.165) is 154 Å². The van der Waals surface area contributed by atoms with Gasteiger partial charge in [-0.2, -0.15) is 5.26 Å². The van der Waals surface area contributed by atoms with Crippen molar-refractivity contribution in [3.63, 3.8) is 0 Å². The van der Waals surface area contributed by atoms with E-state index in [4.69, 9.17) is 9.26 Å². The van der Waals surface area contributed by atoms with E-state index in [1.807, 2.05) is 18.2 Å². The molecule has 0 amide bonds. The molecule has 0 N–H and O–H groups in total. The normalized spacial score (nSPS) is 11.9. The van der Waals surface area contributed by atoms with Crippen LogP contribution in [0.2, 0.25) is 0 Å². The monoisotopic (exact) mass is 1110 g/mol. The van der Waals surface area contributed by atoms with Crippen molar-refractivity contribution in [3.8, 4) is 62.2 Å². The maximum absolute atomic E-state index is 12.6. The Balaban J connectivity index is 1.12. The molecule has 0 radical (unpaired) electrons. The summed E-state index contributed by atoms with van der Waals surface area (Å²) in [5, 5.41) is 22.8. The lowest BCUT2D eigenvalue weighted by molar-refractivity contribution is 0.669. The summed E-state index contributed by atoms with van der Waals surface area (Å²) in [6, 6.07) is 101. The van der Waals surface area contributed by atoms with Gasteiger partial charge in [0, 0.05) is 53.9 Å². The average molecular weight is 1110 g/mol. The standard InChI is InChI=1S/C80H46N6O/c1-82-76-63(48-81)77(86-67-35-19-14-30-58(67)74-71(86)43-44-73-75(74)59-31-15-20-36-72(59)87-73)79(84-65-33-17-12-28-56(65)61-46-53(38-41-69(61)84)50-23-7-3-8-24-50)80(85-66-34-18-13-29-57(66)62-47-54(39-42-70(62)85)51-25-9-4-10-26-51)78(76)83-64-32-16-11-27-55(64)60-45-52(37-40-68(60)83)49-21-5-2-6-22-49/h2-47H. The summed E-state index contributed by atoms with van der Waals surface area (Å²) in [7, 11) is 0. The van der Waals surface area contributed by atoms with E-state index < -0.39 is 0 Å². The van der Waals surface area contributed by atoms with Gasteiger partial charge in [0.15, 0.2) is 0 Å². The van der Waals surface area contributed by atoms with E-state index in [0.29, 0.717) is 11.4 Å². The number of nitrogens with zero attached hydrogens (tertiary/aromatic N) is 6. The zero-order valence-corrected chi connectivity index (χ0v) is 46.6. The minimum Gasteiger partial charge on any atom is -0.456 e. The lowest BCUT2D eigenvalue weighted by atomic mass is 10.0. The largest absolute Gasteiger partial charge is 0.456 e. The second-order valence-electron chi connectivity index (χ2n) is 22.5. The molecule has 18 rings (SSSR count). The minimum atomic E-state index is 0.223. The second kappa shape index (κ2) is 18.7. The van der Waals surface area contributed by atoms with Crippen LogP contribution in [0.25, 0.3) is 170 Å². The van der Waals surface area contributed by atoms with Crippen molar-refractivity contribution >= 4 is 115 Å². The number of hydrogen-bond acceptors (Lipinski definition) is 2. The Morgan fingerprint density at radius 3 is 1.10 bits per heavy atom. The first-order chi connectivity index (χ1) is 43.1. The van der Waals surface area contributed by atoms with E-state index >= 15 is 0 Å². The van der Waals surface area contributed by atoms with Crippen LogP contribution in [0.3, 0.4) is 0 Å². The summed E-state index contributed by atoms with van der Waals surface area (Å²) in [5.41, 5.74) is 18.5. The van der Waals surface area contributed by atoms with Crippen LogP contribution < -0.4 is 0 Å². The third-order valence-electron chi connectivity index (χ3n) is 18.0. The predicted molar refractivity (Wildman–Crippen MR) is 358 cm³/mol. The lowest BCUT2D eigenvalue weighted by Gasteiger charge is -2.28. The molecule has 7 nitrogen and oxygen atoms in total. The number of furan rings is 1. The third-order valence-corrected chi connectivity index (χ3v) is 18.0. The molecular weight excluding hydrogens is 1060 g/mol. The van der Waals surface area contributed by atoms with Crippen LogP contribution in [-0.4, -0.2) is 18.3 Å². The van der Waals surface area contributed by atoms with Crippen LogP contribution in [0.5, 0.6) is 0 Å². The molecule has 0 aliphatic carbocycles.